The molecule has 1 aromatic carbocycles. The number of nitrogens with two attached hydrogens (primary N) is 2. The van der Waals surface area contributed by atoms with Crippen molar-refractivity contribution >= 4 is 44.1 Å². The molecule has 0 aliphatic heterocycles. The number of nitrogens with one attached hydrogen (secondary N) is 1. The summed E-state index contributed by atoms with van der Waals surface area (Å²) in [5.74, 6) is 0.0340. The number of anilines is 1. The first-order valence-corrected chi connectivity index (χ1v) is 8.93. The highest BCUT2D eigenvalue weighted by atomic mass is 79.9. The second kappa shape index (κ2) is 8.27. The van der Waals surface area contributed by atoms with Crippen molar-refractivity contribution in [2.24, 2.45) is 5.73 Å². The molecule has 5 N–H and O–H groups in total. The van der Waals surface area contributed by atoms with Crippen molar-refractivity contribution in [1.82, 2.24) is 0 Å². The third-order valence-corrected chi connectivity index (χ3v) is 4.99. The van der Waals surface area contributed by atoms with Gasteiger partial charge in [-0.1, -0.05) is 0 Å². The van der Waals surface area contributed by atoms with E-state index in [-0.39, 0.29) is 18.5 Å². The van der Waals surface area contributed by atoms with E-state index in [0.717, 1.165) is 15.8 Å². The van der Waals surface area contributed by atoms with E-state index in [4.69, 9.17) is 10.5 Å². The molecular weight excluding hydrogens is 394 g/mol. The number of amides is 2. The van der Waals surface area contributed by atoms with Crippen LogP contribution >= 0.6 is 27.3 Å². The highest BCUT2D eigenvalue weighted by Gasteiger charge is 2.16. The molecule has 6 nitrogen and oxygen atoms in total. The maximum absolute atomic E-state index is 12.1. The molecule has 2 amide bonds. The van der Waals surface area contributed by atoms with Crippen molar-refractivity contribution < 1.29 is 19.6 Å². The normalized spacial score (nSPS) is 11.8. The second-order valence-electron chi connectivity index (χ2n) is 5.20. The SMILES string of the molecule is COc1ccc([C@@H](C)[NH2+]CC(=O)Nc2sccc2C(N)=O)cc1Br. The molecule has 1 heterocycles. The van der Waals surface area contributed by atoms with Crippen molar-refractivity contribution in [3.05, 3.63) is 45.2 Å². The average Bonchev–Trinajstić information content (AvgIpc) is 3.00. The lowest BCUT2D eigenvalue weighted by molar-refractivity contribution is -0.682. The Morgan fingerprint density at radius 2 is 2.17 bits per heavy atom. The fraction of sp³-hybridized carbons (Fsp3) is 0.250. The van der Waals surface area contributed by atoms with Crippen LogP contribution in [0.15, 0.2) is 34.1 Å². The molecular formula is C16H19BrN3O3S+. The minimum Gasteiger partial charge on any atom is -0.496 e. The van der Waals surface area contributed by atoms with Crippen LogP contribution in [0.25, 0.3) is 0 Å². The topological polar surface area (TPSA) is 98.0 Å². The maximum atomic E-state index is 12.1. The molecule has 0 radical (unpaired) electrons. The monoisotopic (exact) mass is 412 g/mol. The van der Waals surface area contributed by atoms with Gasteiger partial charge in [0.2, 0.25) is 0 Å². The summed E-state index contributed by atoms with van der Waals surface area (Å²) in [6.07, 6.45) is 0. The number of quaternary nitrogens is 1. The molecule has 0 fully saturated rings. The van der Waals surface area contributed by atoms with E-state index in [1.807, 2.05) is 30.4 Å². The predicted molar refractivity (Wildman–Crippen MR) is 97.4 cm³/mol. The number of rotatable bonds is 7. The smallest absolute Gasteiger partial charge is 0.280 e. The third-order valence-electron chi connectivity index (χ3n) is 3.54. The largest absolute Gasteiger partial charge is 0.496 e. The molecule has 8 heteroatoms. The highest BCUT2D eigenvalue weighted by Crippen LogP contribution is 2.27. The van der Waals surface area contributed by atoms with Gasteiger partial charge in [0.25, 0.3) is 11.8 Å². The van der Waals surface area contributed by atoms with Gasteiger partial charge in [-0.25, -0.2) is 0 Å². The van der Waals surface area contributed by atoms with Gasteiger partial charge in [0.15, 0.2) is 6.54 Å². The molecule has 0 aliphatic rings. The van der Waals surface area contributed by atoms with Gasteiger partial charge in [0, 0.05) is 5.56 Å². The summed E-state index contributed by atoms with van der Waals surface area (Å²) in [6, 6.07) is 7.52. The molecule has 24 heavy (non-hydrogen) atoms. The zero-order chi connectivity index (χ0) is 17.7. The van der Waals surface area contributed by atoms with Crippen LogP contribution in [0.3, 0.4) is 0 Å². The van der Waals surface area contributed by atoms with Gasteiger partial charge in [-0.2, -0.15) is 0 Å². The molecule has 2 aromatic rings. The van der Waals surface area contributed by atoms with Crippen LogP contribution in [-0.2, 0) is 4.79 Å². The fourth-order valence-corrected chi connectivity index (χ4v) is 3.53. The molecule has 0 saturated heterocycles. The molecule has 128 valence electrons. The van der Waals surface area contributed by atoms with Crippen LogP contribution in [0.4, 0.5) is 5.00 Å². The van der Waals surface area contributed by atoms with Crippen molar-refractivity contribution in [3.8, 4) is 5.75 Å². The first-order valence-electron chi connectivity index (χ1n) is 7.26. The summed E-state index contributed by atoms with van der Waals surface area (Å²) in [5, 5.41) is 6.85. The van der Waals surface area contributed by atoms with Crippen molar-refractivity contribution in [2.45, 2.75) is 13.0 Å². The maximum Gasteiger partial charge on any atom is 0.280 e. The van der Waals surface area contributed by atoms with Gasteiger partial charge in [-0.05, 0) is 52.5 Å². The van der Waals surface area contributed by atoms with Crippen LogP contribution in [-0.4, -0.2) is 25.5 Å². The number of ether oxygens (including phenoxy) is 1. The van der Waals surface area contributed by atoms with Crippen LogP contribution in [0, 0.1) is 0 Å². The zero-order valence-electron chi connectivity index (χ0n) is 13.3. The summed E-state index contributed by atoms with van der Waals surface area (Å²) in [6.45, 7) is 2.25. The van der Waals surface area contributed by atoms with Gasteiger partial charge >= 0.3 is 0 Å². The summed E-state index contributed by atoms with van der Waals surface area (Å²) in [7, 11) is 1.62. The van der Waals surface area contributed by atoms with Crippen LogP contribution < -0.4 is 21.1 Å². The second-order valence-corrected chi connectivity index (χ2v) is 6.97. The Balaban J connectivity index is 1.92. The standard InChI is InChI=1S/C16H18BrN3O3S/c1-9(10-3-4-13(23-2)12(17)7-10)19-8-14(21)20-16-11(15(18)22)5-6-24-16/h3-7,9,19H,8H2,1-2H3,(H2,18,22)(H,20,21)/p+1/t9-/m1/s1. The van der Waals surface area contributed by atoms with E-state index in [2.05, 4.69) is 21.2 Å². The Kier molecular flexibility index (Phi) is 6.36. The third kappa shape index (κ3) is 4.56. The molecule has 1 aromatic heterocycles. The Labute approximate surface area is 152 Å². The van der Waals surface area contributed by atoms with E-state index in [1.165, 1.54) is 11.3 Å². The molecule has 0 saturated carbocycles. The van der Waals surface area contributed by atoms with E-state index in [1.54, 1.807) is 18.6 Å². The van der Waals surface area contributed by atoms with Gasteiger partial charge < -0.3 is 21.1 Å². The molecule has 0 bridgehead atoms. The predicted octanol–water partition coefficient (Wildman–Crippen LogP) is 1.88. The minimum atomic E-state index is -0.549. The van der Waals surface area contributed by atoms with Crippen molar-refractivity contribution in [2.75, 3.05) is 19.0 Å². The fourth-order valence-electron chi connectivity index (χ4n) is 2.16. The van der Waals surface area contributed by atoms with Gasteiger partial charge in [-0.15, -0.1) is 11.3 Å². The summed E-state index contributed by atoms with van der Waals surface area (Å²) >= 11 is 4.73. The van der Waals surface area contributed by atoms with Gasteiger partial charge in [-0.3, -0.25) is 9.59 Å². The minimum absolute atomic E-state index is 0.0944. The van der Waals surface area contributed by atoms with Crippen LogP contribution in [0.2, 0.25) is 0 Å². The summed E-state index contributed by atoms with van der Waals surface area (Å²) < 4.78 is 6.08. The lowest BCUT2D eigenvalue weighted by Crippen LogP contribution is -2.86. The first-order chi connectivity index (χ1) is 11.4. The number of hydrogen-bond acceptors (Lipinski definition) is 4. The first kappa shape index (κ1) is 18.4. The van der Waals surface area contributed by atoms with Crippen LogP contribution in [0.5, 0.6) is 5.75 Å². The average molecular weight is 413 g/mol. The summed E-state index contributed by atoms with van der Waals surface area (Å²) in [5.41, 5.74) is 6.67. The molecule has 0 unspecified atom stereocenters. The molecule has 1 atom stereocenters. The number of carbonyl (C=O) groups excluding carboxylic acids is 2. The Morgan fingerprint density at radius 1 is 1.42 bits per heavy atom. The van der Waals surface area contributed by atoms with Gasteiger partial charge in [0.1, 0.15) is 16.8 Å². The quantitative estimate of drug-likeness (QED) is 0.647. The Morgan fingerprint density at radius 3 is 2.79 bits per heavy atom. The lowest BCUT2D eigenvalue weighted by Gasteiger charge is -2.13. The van der Waals surface area contributed by atoms with Crippen LogP contribution in [0.1, 0.15) is 28.9 Å². The molecule has 0 aliphatic carbocycles. The lowest BCUT2D eigenvalue weighted by atomic mass is 10.1. The summed E-state index contributed by atoms with van der Waals surface area (Å²) in [4.78, 5) is 23.3. The number of halogens is 1. The number of carbonyl (C=O) groups is 2. The number of methoxy groups -OCH3 is 1. The van der Waals surface area contributed by atoms with E-state index in [9.17, 15) is 9.59 Å². The van der Waals surface area contributed by atoms with Crippen molar-refractivity contribution in [3.63, 3.8) is 0 Å². The molecule has 0 spiro atoms. The number of benzene rings is 1. The Bertz CT molecular complexity index is 748. The Hall–Kier alpha value is -1.90. The number of thiophene rings is 1. The number of primary amides is 1. The van der Waals surface area contributed by atoms with Crippen molar-refractivity contribution in [1.29, 1.82) is 0 Å². The zero-order valence-corrected chi connectivity index (χ0v) is 15.7. The van der Waals surface area contributed by atoms with E-state index in [0.29, 0.717) is 10.6 Å². The highest BCUT2D eigenvalue weighted by molar-refractivity contribution is 9.10. The van der Waals surface area contributed by atoms with E-state index < -0.39 is 5.91 Å². The molecule has 2 rings (SSSR count). The van der Waals surface area contributed by atoms with E-state index >= 15 is 0 Å². The van der Waals surface area contributed by atoms with Gasteiger partial charge in [0.05, 0.1) is 17.1 Å². The number of hydrogen-bond donors (Lipinski definition) is 3.